The molecule has 0 heterocycles. The van der Waals surface area contributed by atoms with Crippen molar-refractivity contribution in [3.8, 4) is 5.75 Å². The van der Waals surface area contributed by atoms with E-state index in [0.717, 1.165) is 24.2 Å². The number of carbonyl (C=O) groups is 1. The summed E-state index contributed by atoms with van der Waals surface area (Å²) in [4.78, 5) is 11.4. The number of carbonyl (C=O) groups excluding carboxylic acids is 1. The predicted molar refractivity (Wildman–Crippen MR) is 65.9 cm³/mol. The Kier molecular flexibility index (Phi) is 3.98. The molecule has 0 unspecified atom stereocenters. The quantitative estimate of drug-likeness (QED) is 0.774. The lowest BCUT2D eigenvalue weighted by molar-refractivity contribution is -0.120. The van der Waals surface area contributed by atoms with Gasteiger partial charge in [0.2, 0.25) is 5.91 Å². The Morgan fingerprint density at radius 1 is 1.35 bits per heavy atom. The number of amides is 1. The summed E-state index contributed by atoms with van der Waals surface area (Å²) < 4.78 is 5.08. The second kappa shape index (κ2) is 5.68. The van der Waals surface area contributed by atoms with Crippen LogP contribution in [0.3, 0.4) is 0 Å². The molecule has 4 nitrogen and oxygen atoms in total. The van der Waals surface area contributed by atoms with E-state index in [1.54, 1.807) is 7.11 Å². The maximum atomic E-state index is 11.4. The highest BCUT2D eigenvalue weighted by atomic mass is 16.5. The first-order valence-electron chi connectivity index (χ1n) is 5.91. The molecule has 1 aliphatic carbocycles. The highest BCUT2D eigenvalue weighted by Gasteiger charge is 2.22. The van der Waals surface area contributed by atoms with Gasteiger partial charge in [-0.25, -0.2) is 0 Å². The molecule has 1 aliphatic rings. The first kappa shape index (κ1) is 11.9. The Balaban J connectivity index is 1.67. The SMILES string of the molecule is COc1ccc(CNCC(=O)NC2CC2)cc1. The van der Waals surface area contributed by atoms with Crippen molar-refractivity contribution < 1.29 is 9.53 Å². The summed E-state index contributed by atoms with van der Waals surface area (Å²) in [6.07, 6.45) is 2.26. The maximum Gasteiger partial charge on any atom is 0.234 e. The van der Waals surface area contributed by atoms with Gasteiger partial charge in [-0.05, 0) is 30.5 Å². The third-order valence-electron chi connectivity index (χ3n) is 2.72. The average molecular weight is 234 g/mol. The van der Waals surface area contributed by atoms with E-state index in [2.05, 4.69) is 10.6 Å². The van der Waals surface area contributed by atoms with E-state index in [1.165, 1.54) is 0 Å². The van der Waals surface area contributed by atoms with Gasteiger partial charge in [-0.2, -0.15) is 0 Å². The molecule has 92 valence electrons. The minimum Gasteiger partial charge on any atom is -0.497 e. The van der Waals surface area contributed by atoms with Crippen molar-refractivity contribution >= 4 is 5.91 Å². The monoisotopic (exact) mass is 234 g/mol. The summed E-state index contributed by atoms with van der Waals surface area (Å²) in [7, 11) is 1.65. The molecule has 1 fully saturated rings. The van der Waals surface area contributed by atoms with Crippen molar-refractivity contribution in [2.45, 2.75) is 25.4 Å². The van der Waals surface area contributed by atoms with Gasteiger partial charge < -0.3 is 15.4 Å². The Labute approximate surface area is 101 Å². The molecule has 1 aromatic rings. The Morgan fingerprint density at radius 2 is 2.06 bits per heavy atom. The van der Waals surface area contributed by atoms with Gasteiger partial charge >= 0.3 is 0 Å². The number of nitrogens with one attached hydrogen (secondary N) is 2. The maximum absolute atomic E-state index is 11.4. The van der Waals surface area contributed by atoms with Crippen molar-refractivity contribution in [1.29, 1.82) is 0 Å². The lowest BCUT2D eigenvalue weighted by Crippen LogP contribution is -2.34. The van der Waals surface area contributed by atoms with Crippen molar-refractivity contribution in [1.82, 2.24) is 10.6 Å². The minimum absolute atomic E-state index is 0.0843. The number of rotatable bonds is 6. The molecule has 1 saturated carbocycles. The van der Waals surface area contributed by atoms with Crippen LogP contribution in [0.5, 0.6) is 5.75 Å². The minimum atomic E-state index is 0.0843. The van der Waals surface area contributed by atoms with Crippen LogP contribution in [0, 0.1) is 0 Å². The molecule has 0 aromatic heterocycles. The first-order valence-corrected chi connectivity index (χ1v) is 5.91. The van der Waals surface area contributed by atoms with E-state index < -0.39 is 0 Å². The topological polar surface area (TPSA) is 50.4 Å². The fourth-order valence-electron chi connectivity index (χ4n) is 1.57. The molecule has 0 saturated heterocycles. The Morgan fingerprint density at radius 3 is 2.65 bits per heavy atom. The molecule has 0 radical (unpaired) electrons. The van der Waals surface area contributed by atoms with Crippen LogP contribution in [0.15, 0.2) is 24.3 Å². The van der Waals surface area contributed by atoms with Crippen LogP contribution in [0.1, 0.15) is 18.4 Å². The fourth-order valence-corrected chi connectivity index (χ4v) is 1.57. The highest BCUT2D eigenvalue weighted by molar-refractivity contribution is 5.78. The summed E-state index contributed by atoms with van der Waals surface area (Å²) in [5.41, 5.74) is 1.14. The zero-order chi connectivity index (χ0) is 12.1. The second-order valence-corrected chi connectivity index (χ2v) is 4.29. The van der Waals surface area contributed by atoms with Gasteiger partial charge in [0.05, 0.1) is 13.7 Å². The fraction of sp³-hybridized carbons (Fsp3) is 0.462. The van der Waals surface area contributed by atoms with E-state index in [9.17, 15) is 4.79 Å². The largest absolute Gasteiger partial charge is 0.497 e. The Bertz CT molecular complexity index is 372. The van der Waals surface area contributed by atoms with Crippen LogP contribution in [-0.4, -0.2) is 25.6 Å². The van der Waals surface area contributed by atoms with E-state index in [4.69, 9.17) is 4.74 Å². The average Bonchev–Trinajstić information content (AvgIpc) is 3.14. The van der Waals surface area contributed by atoms with Gasteiger partial charge in [0.25, 0.3) is 0 Å². The number of methoxy groups -OCH3 is 1. The molecule has 0 bridgehead atoms. The van der Waals surface area contributed by atoms with Crippen LogP contribution >= 0.6 is 0 Å². The molecule has 2 rings (SSSR count). The van der Waals surface area contributed by atoms with Gasteiger partial charge in [-0.1, -0.05) is 12.1 Å². The normalized spacial score (nSPS) is 14.4. The molecule has 1 aromatic carbocycles. The highest BCUT2D eigenvalue weighted by Crippen LogP contribution is 2.18. The molecule has 1 amide bonds. The molecule has 17 heavy (non-hydrogen) atoms. The van der Waals surface area contributed by atoms with Crippen molar-refractivity contribution in [3.05, 3.63) is 29.8 Å². The van der Waals surface area contributed by atoms with Crippen LogP contribution < -0.4 is 15.4 Å². The van der Waals surface area contributed by atoms with E-state index in [0.29, 0.717) is 19.1 Å². The zero-order valence-electron chi connectivity index (χ0n) is 10.0. The summed E-state index contributed by atoms with van der Waals surface area (Å²) in [6.45, 7) is 1.07. The second-order valence-electron chi connectivity index (χ2n) is 4.29. The molecule has 0 spiro atoms. The van der Waals surface area contributed by atoms with Gasteiger partial charge in [0.15, 0.2) is 0 Å². The summed E-state index contributed by atoms with van der Waals surface area (Å²) in [5.74, 6) is 0.932. The molecule has 0 atom stereocenters. The van der Waals surface area contributed by atoms with Gasteiger partial charge in [0.1, 0.15) is 5.75 Å². The number of ether oxygens (including phenoxy) is 1. The van der Waals surface area contributed by atoms with Crippen LogP contribution in [0.25, 0.3) is 0 Å². The Hall–Kier alpha value is -1.55. The van der Waals surface area contributed by atoms with E-state index in [-0.39, 0.29) is 5.91 Å². The molecular formula is C13H18N2O2. The third-order valence-corrected chi connectivity index (χ3v) is 2.72. The van der Waals surface area contributed by atoms with E-state index in [1.807, 2.05) is 24.3 Å². The van der Waals surface area contributed by atoms with Crippen molar-refractivity contribution in [2.24, 2.45) is 0 Å². The van der Waals surface area contributed by atoms with Crippen LogP contribution in [0.4, 0.5) is 0 Å². The van der Waals surface area contributed by atoms with E-state index >= 15 is 0 Å². The third kappa shape index (κ3) is 4.07. The van der Waals surface area contributed by atoms with Crippen molar-refractivity contribution in [3.63, 3.8) is 0 Å². The standard InChI is InChI=1S/C13H18N2O2/c1-17-12-6-2-10(3-7-12)8-14-9-13(16)15-11-4-5-11/h2-3,6-7,11,14H,4-5,8-9H2,1H3,(H,15,16). The number of hydrogen-bond acceptors (Lipinski definition) is 3. The smallest absolute Gasteiger partial charge is 0.234 e. The summed E-state index contributed by atoms with van der Waals surface area (Å²) in [5, 5.41) is 6.06. The van der Waals surface area contributed by atoms with Gasteiger partial charge in [-0.3, -0.25) is 4.79 Å². The predicted octanol–water partition coefficient (Wildman–Crippen LogP) is 1.06. The lowest BCUT2D eigenvalue weighted by atomic mass is 10.2. The van der Waals surface area contributed by atoms with Crippen LogP contribution in [0.2, 0.25) is 0 Å². The number of benzene rings is 1. The molecule has 2 N–H and O–H groups in total. The zero-order valence-corrected chi connectivity index (χ0v) is 10.0. The first-order chi connectivity index (χ1) is 8.28. The van der Waals surface area contributed by atoms with Gasteiger partial charge in [-0.15, -0.1) is 0 Å². The summed E-state index contributed by atoms with van der Waals surface area (Å²) in [6, 6.07) is 8.25. The summed E-state index contributed by atoms with van der Waals surface area (Å²) >= 11 is 0. The molecule has 4 heteroatoms. The molecular weight excluding hydrogens is 216 g/mol. The van der Waals surface area contributed by atoms with Gasteiger partial charge in [0, 0.05) is 12.6 Å². The van der Waals surface area contributed by atoms with Crippen molar-refractivity contribution in [2.75, 3.05) is 13.7 Å². The molecule has 0 aliphatic heterocycles. The number of hydrogen-bond donors (Lipinski definition) is 2. The lowest BCUT2D eigenvalue weighted by Gasteiger charge is -2.06. The van der Waals surface area contributed by atoms with Crippen LogP contribution in [-0.2, 0) is 11.3 Å².